The molecule has 0 saturated carbocycles. The number of hydrogen-bond donors (Lipinski definition) is 4. The number of phenolic OH excluding ortho intramolecular Hbond substituents is 1. The molecule has 0 aliphatic carbocycles. The van der Waals surface area contributed by atoms with Crippen LogP contribution in [0.2, 0.25) is 0 Å². The van der Waals surface area contributed by atoms with Crippen molar-refractivity contribution < 1.29 is 32.9 Å². The van der Waals surface area contributed by atoms with Crippen molar-refractivity contribution in [1.29, 1.82) is 0 Å². The van der Waals surface area contributed by atoms with Gasteiger partial charge in [0.1, 0.15) is 46.9 Å². The number of fused-ring (bicyclic) bond motifs is 3. The number of aromatic nitrogens is 3. The number of halogens is 3. The number of nitrogens with zero attached hydrogens (tertiary/aromatic N) is 5. The van der Waals surface area contributed by atoms with Gasteiger partial charge in [0.25, 0.3) is 0 Å². The maximum atomic E-state index is 16.9. The number of anilines is 1. The molecule has 2 aromatic carbocycles. The van der Waals surface area contributed by atoms with Gasteiger partial charge in [0.2, 0.25) is 5.91 Å². The van der Waals surface area contributed by atoms with E-state index in [4.69, 9.17) is 9.72 Å². The summed E-state index contributed by atoms with van der Waals surface area (Å²) in [6.07, 6.45) is 2.64. The molecule has 252 valence electrons. The van der Waals surface area contributed by atoms with Gasteiger partial charge in [-0.2, -0.15) is 9.97 Å². The summed E-state index contributed by atoms with van der Waals surface area (Å²) in [5, 5.41) is 27.4. The smallest absolute Gasteiger partial charge is 0.319 e. The molecule has 1 spiro atoms. The third-order valence-electron chi connectivity index (χ3n) is 10.5. The Hall–Kier alpha value is -4.27. The molecule has 1 unspecified atom stereocenters. The van der Waals surface area contributed by atoms with E-state index in [0.717, 1.165) is 19.4 Å². The molecule has 4 aromatic rings. The van der Waals surface area contributed by atoms with E-state index in [2.05, 4.69) is 25.5 Å². The molecule has 8 rings (SSSR count). The maximum absolute atomic E-state index is 16.9. The normalized spacial score (nSPS) is 27.4. The summed E-state index contributed by atoms with van der Waals surface area (Å²) < 4.78 is 52.6. The lowest BCUT2D eigenvalue weighted by Crippen LogP contribution is -2.59. The molecule has 48 heavy (non-hydrogen) atoms. The molecular weight excluding hydrogens is 627 g/mol. The summed E-state index contributed by atoms with van der Waals surface area (Å²) in [5.74, 6) is -1.46. The van der Waals surface area contributed by atoms with Gasteiger partial charge in [-0.05, 0) is 73.2 Å². The zero-order chi connectivity index (χ0) is 33.4. The molecule has 4 saturated heterocycles. The van der Waals surface area contributed by atoms with Gasteiger partial charge >= 0.3 is 6.01 Å². The van der Waals surface area contributed by atoms with E-state index in [1.165, 1.54) is 30.5 Å². The van der Waals surface area contributed by atoms with Crippen molar-refractivity contribution in [2.45, 2.75) is 69.1 Å². The summed E-state index contributed by atoms with van der Waals surface area (Å²) in [5.41, 5.74) is -1.26. The van der Waals surface area contributed by atoms with Gasteiger partial charge in [0, 0.05) is 37.8 Å². The Kier molecular flexibility index (Phi) is 7.38. The molecule has 4 atom stereocenters. The number of carbonyl (C=O) groups is 1. The molecule has 11 nitrogen and oxygen atoms in total. The van der Waals surface area contributed by atoms with Gasteiger partial charge in [-0.25, -0.2) is 13.2 Å². The summed E-state index contributed by atoms with van der Waals surface area (Å²) in [6, 6.07) is 5.60. The van der Waals surface area contributed by atoms with E-state index in [9.17, 15) is 23.8 Å². The Bertz CT molecular complexity index is 1970. The lowest BCUT2D eigenvalue weighted by molar-refractivity contribution is -0.124. The number of aromatic hydroxyl groups is 1. The van der Waals surface area contributed by atoms with Crippen LogP contribution in [-0.2, 0) is 11.2 Å². The third kappa shape index (κ3) is 4.91. The van der Waals surface area contributed by atoms with E-state index in [-0.39, 0.29) is 53.0 Å². The second-order valence-electron chi connectivity index (χ2n) is 13.5. The highest BCUT2D eigenvalue weighted by Gasteiger charge is 2.50. The number of piperidine rings is 1. The molecule has 4 N–H and O–H groups in total. The molecular formula is C34H36F3N7O4. The lowest BCUT2D eigenvalue weighted by Gasteiger charge is -2.39. The summed E-state index contributed by atoms with van der Waals surface area (Å²) in [7, 11) is 0. The van der Waals surface area contributed by atoms with E-state index < -0.39 is 35.2 Å². The second-order valence-corrected chi connectivity index (χ2v) is 13.5. The summed E-state index contributed by atoms with van der Waals surface area (Å²) >= 11 is 0. The van der Waals surface area contributed by atoms with Gasteiger partial charge in [-0.3, -0.25) is 20.0 Å². The van der Waals surface area contributed by atoms with Gasteiger partial charge in [-0.15, -0.1) is 0 Å². The number of carbonyl (C=O) groups excluding carboxylic acids is 1. The summed E-state index contributed by atoms with van der Waals surface area (Å²) in [6.45, 7) is 3.63. The van der Waals surface area contributed by atoms with E-state index in [1.807, 2.05) is 4.90 Å². The minimum Gasteiger partial charge on any atom is -0.508 e. The van der Waals surface area contributed by atoms with Crippen LogP contribution >= 0.6 is 0 Å². The number of aryl methyl sites for hydroxylation is 1. The fraction of sp³-hybridized carbons (Fsp3) is 0.471. The Labute approximate surface area is 274 Å². The molecule has 0 bridgehead atoms. The predicted octanol–water partition coefficient (Wildman–Crippen LogP) is 3.68. The number of nitrogens with one attached hydrogen (secondary N) is 2. The third-order valence-corrected chi connectivity index (χ3v) is 10.5. The number of pyridine rings is 1. The summed E-state index contributed by atoms with van der Waals surface area (Å²) in [4.78, 5) is 30.6. The van der Waals surface area contributed by atoms with Crippen LogP contribution in [0.15, 0.2) is 30.5 Å². The van der Waals surface area contributed by atoms with Crippen LogP contribution < -0.4 is 20.3 Å². The number of amides is 1. The van der Waals surface area contributed by atoms with Crippen molar-refractivity contribution in [2.24, 2.45) is 0 Å². The van der Waals surface area contributed by atoms with Gasteiger partial charge < -0.3 is 25.2 Å². The van der Waals surface area contributed by atoms with Crippen LogP contribution in [0.25, 0.3) is 32.9 Å². The second kappa shape index (κ2) is 11.4. The van der Waals surface area contributed by atoms with Crippen LogP contribution in [0, 0.1) is 11.6 Å². The fourth-order valence-corrected chi connectivity index (χ4v) is 8.36. The first-order chi connectivity index (χ1) is 23.1. The average molecular weight is 664 g/mol. The standard InChI is InChI=1S/C34H36F3N7O4/c1-2-21-24(36)6-5-18-11-20(45)12-22(25(18)21)27-26(37)28-23(14-38-27)29(43-9-4-8-34(16-43)30(46)41-31(47)42-34)40-32(39-28)48-17-33-7-3-10-44(33)15-19(35)13-33/h5-6,11-12,14,19,31,42,45,47H,2-4,7-10,13,15-17H2,1H3,(H,41,46)/t19-,31?,33+,34-/m1/s1. The first-order valence-corrected chi connectivity index (χ1v) is 16.4. The zero-order valence-corrected chi connectivity index (χ0v) is 26.4. The quantitative estimate of drug-likeness (QED) is 0.242. The van der Waals surface area contributed by atoms with Crippen molar-refractivity contribution in [3.05, 3.63) is 47.7 Å². The van der Waals surface area contributed by atoms with Crippen LogP contribution in [-0.4, -0.2) is 92.4 Å². The first kappa shape index (κ1) is 31.0. The van der Waals surface area contributed by atoms with E-state index >= 15 is 4.39 Å². The average Bonchev–Trinajstić information content (AvgIpc) is 3.68. The topological polar surface area (TPSA) is 136 Å². The van der Waals surface area contributed by atoms with Crippen LogP contribution in [0.4, 0.5) is 19.0 Å². The largest absolute Gasteiger partial charge is 0.508 e. The zero-order valence-electron chi connectivity index (χ0n) is 26.4. The van der Waals surface area contributed by atoms with Crippen molar-refractivity contribution in [2.75, 3.05) is 37.7 Å². The van der Waals surface area contributed by atoms with Crippen molar-refractivity contribution in [3.63, 3.8) is 0 Å². The Morgan fingerprint density at radius 1 is 1.15 bits per heavy atom. The maximum Gasteiger partial charge on any atom is 0.319 e. The van der Waals surface area contributed by atoms with E-state index in [1.54, 1.807) is 6.92 Å². The van der Waals surface area contributed by atoms with Crippen LogP contribution in [0.3, 0.4) is 0 Å². The number of hydrogen-bond acceptors (Lipinski definition) is 10. The monoisotopic (exact) mass is 663 g/mol. The van der Waals surface area contributed by atoms with Gasteiger partial charge in [0.15, 0.2) is 12.2 Å². The van der Waals surface area contributed by atoms with Crippen molar-refractivity contribution in [3.8, 4) is 23.0 Å². The predicted molar refractivity (Wildman–Crippen MR) is 171 cm³/mol. The minimum absolute atomic E-state index is 0.106. The molecule has 6 heterocycles. The molecule has 14 heteroatoms. The first-order valence-electron chi connectivity index (χ1n) is 16.4. The molecule has 1 amide bonds. The number of rotatable bonds is 6. The number of phenols is 1. The number of alkyl halides is 1. The van der Waals surface area contributed by atoms with Gasteiger partial charge in [0.05, 0.1) is 10.9 Å². The van der Waals surface area contributed by atoms with E-state index in [0.29, 0.717) is 60.9 Å². The molecule has 2 aromatic heterocycles. The highest BCUT2D eigenvalue weighted by atomic mass is 19.1. The molecule has 4 aliphatic rings. The van der Waals surface area contributed by atoms with Crippen LogP contribution in [0.5, 0.6) is 11.8 Å². The Morgan fingerprint density at radius 2 is 1.98 bits per heavy atom. The van der Waals surface area contributed by atoms with Crippen molar-refractivity contribution in [1.82, 2.24) is 30.5 Å². The van der Waals surface area contributed by atoms with Crippen LogP contribution in [0.1, 0.15) is 44.6 Å². The van der Waals surface area contributed by atoms with Gasteiger partial charge in [-0.1, -0.05) is 13.0 Å². The number of ether oxygens (including phenoxy) is 1. The Morgan fingerprint density at radius 3 is 2.77 bits per heavy atom. The highest BCUT2D eigenvalue weighted by Crippen LogP contribution is 2.42. The SMILES string of the molecule is CCc1c(F)ccc2cc(O)cc(-c3ncc4c(N5CCC[C@]6(C5)NC(O)NC6=O)nc(OC[C@@]56CCCN5C[C@H](F)C6)nc4c3F)c12. The molecule has 4 aliphatic heterocycles. The number of aliphatic hydroxyl groups excluding tert-OH is 1. The number of benzene rings is 2. The Balaban J connectivity index is 1.27. The van der Waals surface area contributed by atoms with Crippen molar-refractivity contribution >= 4 is 33.4 Å². The number of aliphatic hydroxyl groups is 1. The highest BCUT2D eigenvalue weighted by molar-refractivity contribution is 6.02. The molecule has 4 fully saturated rings. The fourth-order valence-electron chi connectivity index (χ4n) is 8.36. The lowest BCUT2D eigenvalue weighted by atomic mass is 9.89. The molecule has 0 radical (unpaired) electrons. The minimum atomic E-state index is -1.20.